The van der Waals surface area contributed by atoms with Crippen molar-refractivity contribution in [2.75, 3.05) is 24.6 Å². The van der Waals surface area contributed by atoms with E-state index in [0.717, 1.165) is 30.9 Å². The number of likely N-dealkylation sites (tertiary alicyclic amines) is 1. The van der Waals surface area contributed by atoms with E-state index in [1.165, 1.54) is 11.3 Å². The standard InChI is InChI=1S/C14H21N3O3S2/c1-9-13(21-10(2)15-9)14(18)16-11-7-22(19,20)8-12(11)17-5-3-4-6-17/h11-12H,3-8H2,1-2H3,(H,16,18). The molecule has 1 amide bonds. The highest BCUT2D eigenvalue weighted by molar-refractivity contribution is 7.91. The van der Waals surface area contributed by atoms with Gasteiger partial charge in [0.05, 0.1) is 28.2 Å². The summed E-state index contributed by atoms with van der Waals surface area (Å²) in [7, 11) is -3.08. The van der Waals surface area contributed by atoms with E-state index >= 15 is 0 Å². The molecule has 1 aromatic heterocycles. The van der Waals surface area contributed by atoms with Gasteiger partial charge >= 0.3 is 0 Å². The quantitative estimate of drug-likeness (QED) is 0.876. The zero-order chi connectivity index (χ0) is 15.9. The number of aryl methyl sites for hydroxylation is 2. The molecular weight excluding hydrogens is 322 g/mol. The van der Waals surface area contributed by atoms with Crippen LogP contribution in [0.3, 0.4) is 0 Å². The first-order valence-corrected chi connectivity index (χ1v) is 10.2. The van der Waals surface area contributed by atoms with Crippen LogP contribution >= 0.6 is 11.3 Å². The van der Waals surface area contributed by atoms with E-state index in [0.29, 0.717) is 10.6 Å². The average molecular weight is 343 g/mol. The number of hydrogen-bond acceptors (Lipinski definition) is 6. The summed E-state index contributed by atoms with van der Waals surface area (Å²) in [6, 6.07) is -0.414. The molecule has 0 aliphatic carbocycles. The lowest BCUT2D eigenvalue weighted by atomic mass is 10.1. The largest absolute Gasteiger partial charge is 0.346 e. The minimum absolute atomic E-state index is 0.0384. The van der Waals surface area contributed by atoms with Gasteiger partial charge in [-0.05, 0) is 39.8 Å². The Morgan fingerprint density at radius 1 is 1.27 bits per heavy atom. The molecule has 8 heteroatoms. The van der Waals surface area contributed by atoms with Crippen LogP contribution in [0.2, 0.25) is 0 Å². The lowest BCUT2D eigenvalue weighted by Crippen LogP contribution is -2.50. The third-order valence-electron chi connectivity index (χ3n) is 4.36. The van der Waals surface area contributed by atoms with E-state index in [1.807, 2.05) is 13.8 Å². The summed E-state index contributed by atoms with van der Waals surface area (Å²) in [5, 5.41) is 3.79. The number of hydrogen-bond donors (Lipinski definition) is 1. The Hall–Kier alpha value is -0.990. The molecule has 2 unspecified atom stereocenters. The van der Waals surface area contributed by atoms with Crippen LogP contribution in [0.4, 0.5) is 0 Å². The van der Waals surface area contributed by atoms with Gasteiger partial charge in [-0.15, -0.1) is 11.3 Å². The maximum Gasteiger partial charge on any atom is 0.263 e. The van der Waals surface area contributed by atoms with Crippen LogP contribution in [0, 0.1) is 13.8 Å². The van der Waals surface area contributed by atoms with Crippen LogP contribution in [-0.4, -0.2) is 60.9 Å². The third kappa shape index (κ3) is 3.18. The molecule has 6 nitrogen and oxygen atoms in total. The molecule has 0 radical (unpaired) electrons. The van der Waals surface area contributed by atoms with Crippen LogP contribution in [-0.2, 0) is 9.84 Å². The zero-order valence-electron chi connectivity index (χ0n) is 12.8. The van der Waals surface area contributed by atoms with Crippen LogP contribution < -0.4 is 5.32 Å². The molecule has 2 saturated heterocycles. The maximum atomic E-state index is 12.5. The maximum absolute atomic E-state index is 12.5. The van der Waals surface area contributed by atoms with E-state index in [1.54, 1.807) is 0 Å². The number of sulfone groups is 1. The summed E-state index contributed by atoms with van der Waals surface area (Å²) in [6.07, 6.45) is 2.20. The molecular formula is C14H21N3O3S2. The number of thiazole rings is 1. The Morgan fingerprint density at radius 2 is 1.95 bits per heavy atom. The Bertz CT molecular complexity index is 678. The third-order valence-corrected chi connectivity index (χ3v) is 7.15. The SMILES string of the molecule is Cc1nc(C)c(C(=O)NC2CS(=O)(=O)CC2N2CCCC2)s1. The summed E-state index contributed by atoms with van der Waals surface area (Å²) in [6.45, 7) is 5.51. The van der Waals surface area contributed by atoms with Gasteiger partial charge in [0.15, 0.2) is 9.84 Å². The molecule has 2 aliphatic rings. The number of aromatic nitrogens is 1. The minimum atomic E-state index is -3.08. The molecule has 0 spiro atoms. The van der Waals surface area contributed by atoms with Gasteiger partial charge in [-0.25, -0.2) is 13.4 Å². The van der Waals surface area contributed by atoms with Gasteiger partial charge < -0.3 is 5.32 Å². The van der Waals surface area contributed by atoms with Crippen molar-refractivity contribution in [2.45, 2.75) is 38.8 Å². The highest BCUT2D eigenvalue weighted by atomic mass is 32.2. The lowest BCUT2D eigenvalue weighted by molar-refractivity contribution is 0.0922. The number of amides is 1. The van der Waals surface area contributed by atoms with Crippen molar-refractivity contribution in [1.29, 1.82) is 0 Å². The number of carbonyl (C=O) groups is 1. The van der Waals surface area contributed by atoms with Gasteiger partial charge in [-0.2, -0.15) is 0 Å². The molecule has 2 fully saturated rings. The lowest BCUT2D eigenvalue weighted by Gasteiger charge is -2.28. The molecule has 122 valence electrons. The van der Waals surface area contributed by atoms with Gasteiger partial charge in [-0.1, -0.05) is 0 Å². The van der Waals surface area contributed by atoms with Crippen LogP contribution in [0.25, 0.3) is 0 Å². The Kier molecular flexibility index (Phi) is 4.26. The Morgan fingerprint density at radius 3 is 2.55 bits per heavy atom. The van der Waals surface area contributed by atoms with Crippen LogP contribution in [0.1, 0.15) is 33.2 Å². The first-order chi connectivity index (χ1) is 10.4. The number of nitrogens with one attached hydrogen (secondary N) is 1. The molecule has 0 bridgehead atoms. The van der Waals surface area contributed by atoms with Crippen molar-refractivity contribution in [3.05, 3.63) is 15.6 Å². The van der Waals surface area contributed by atoms with Crippen molar-refractivity contribution >= 4 is 27.1 Å². The summed E-state index contributed by atoms with van der Waals surface area (Å²) in [5.41, 5.74) is 0.707. The summed E-state index contributed by atoms with van der Waals surface area (Å²) >= 11 is 1.35. The summed E-state index contributed by atoms with van der Waals surface area (Å²) in [4.78, 5) is 19.5. The van der Waals surface area contributed by atoms with E-state index in [2.05, 4.69) is 15.2 Å². The highest BCUT2D eigenvalue weighted by Crippen LogP contribution is 2.24. The zero-order valence-corrected chi connectivity index (χ0v) is 14.5. The minimum Gasteiger partial charge on any atom is -0.346 e. The fourth-order valence-corrected chi connectivity index (χ4v) is 6.15. The van der Waals surface area contributed by atoms with Gasteiger partial charge in [0.1, 0.15) is 4.88 Å². The van der Waals surface area contributed by atoms with E-state index in [4.69, 9.17) is 0 Å². The summed E-state index contributed by atoms with van der Waals surface area (Å²) < 4.78 is 24.0. The van der Waals surface area contributed by atoms with Gasteiger partial charge in [0.25, 0.3) is 5.91 Å². The van der Waals surface area contributed by atoms with Gasteiger partial charge in [-0.3, -0.25) is 9.69 Å². The topological polar surface area (TPSA) is 79.4 Å². The first-order valence-electron chi connectivity index (χ1n) is 7.55. The molecule has 0 aromatic carbocycles. The van der Waals surface area contributed by atoms with Crippen molar-refractivity contribution in [1.82, 2.24) is 15.2 Å². The van der Waals surface area contributed by atoms with Crippen LogP contribution in [0.15, 0.2) is 0 Å². The van der Waals surface area contributed by atoms with Crippen molar-refractivity contribution in [2.24, 2.45) is 0 Å². The number of nitrogens with zero attached hydrogens (tertiary/aromatic N) is 2. The normalized spacial score (nSPS) is 28.1. The van der Waals surface area contributed by atoms with Gasteiger partial charge in [0.2, 0.25) is 0 Å². The smallest absolute Gasteiger partial charge is 0.263 e. The molecule has 2 atom stereocenters. The van der Waals surface area contributed by atoms with E-state index < -0.39 is 9.84 Å². The van der Waals surface area contributed by atoms with Crippen molar-refractivity contribution < 1.29 is 13.2 Å². The highest BCUT2D eigenvalue weighted by Gasteiger charge is 2.42. The molecule has 1 N–H and O–H groups in total. The predicted molar refractivity (Wildman–Crippen MR) is 86.1 cm³/mol. The van der Waals surface area contributed by atoms with Crippen molar-refractivity contribution in [3.63, 3.8) is 0 Å². The van der Waals surface area contributed by atoms with E-state index in [9.17, 15) is 13.2 Å². The fraction of sp³-hybridized carbons (Fsp3) is 0.714. The van der Waals surface area contributed by atoms with Gasteiger partial charge in [0, 0.05) is 6.04 Å². The van der Waals surface area contributed by atoms with Crippen LogP contribution in [0.5, 0.6) is 0 Å². The second-order valence-electron chi connectivity index (χ2n) is 6.11. The second-order valence-corrected chi connectivity index (χ2v) is 9.47. The number of rotatable bonds is 3. The Balaban J connectivity index is 1.77. The molecule has 1 aromatic rings. The monoisotopic (exact) mass is 343 g/mol. The Labute approximate surface area is 134 Å². The van der Waals surface area contributed by atoms with E-state index in [-0.39, 0.29) is 29.5 Å². The molecule has 3 rings (SSSR count). The molecule has 3 heterocycles. The second kappa shape index (κ2) is 5.90. The van der Waals surface area contributed by atoms with Crippen molar-refractivity contribution in [3.8, 4) is 0 Å². The molecule has 2 aliphatic heterocycles. The molecule has 0 saturated carbocycles. The predicted octanol–water partition coefficient (Wildman–Crippen LogP) is 0.751. The average Bonchev–Trinajstić information content (AvgIpc) is 3.09. The molecule has 22 heavy (non-hydrogen) atoms. The number of carbonyl (C=O) groups excluding carboxylic acids is 1. The summed E-state index contributed by atoms with van der Waals surface area (Å²) in [5.74, 6) is -0.00976. The first kappa shape index (κ1) is 15.9. The fourth-order valence-electron chi connectivity index (χ4n) is 3.38.